The molecule has 2 rings (SSSR count). The summed E-state index contributed by atoms with van der Waals surface area (Å²) in [5.41, 5.74) is -1.00. The number of esters is 1. The van der Waals surface area contributed by atoms with E-state index in [2.05, 4.69) is 9.72 Å². The molecule has 0 aliphatic rings. The van der Waals surface area contributed by atoms with E-state index in [4.69, 9.17) is 0 Å². The molecule has 0 saturated carbocycles. The smallest absolute Gasteiger partial charge is 0.347 e. The molecule has 15 heavy (non-hydrogen) atoms. The van der Waals surface area contributed by atoms with E-state index in [0.29, 0.717) is 10.2 Å². The highest BCUT2D eigenvalue weighted by molar-refractivity contribution is 7.16. The van der Waals surface area contributed by atoms with Crippen LogP contribution in [0.25, 0.3) is 10.2 Å². The van der Waals surface area contributed by atoms with Gasteiger partial charge in [-0.15, -0.1) is 11.3 Å². The lowest BCUT2D eigenvalue weighted by molar-refractivity contribution is 0.0595. The Balaban J connectivity index is 2.84. The maximum atomic E-state index is 11.4. The molecule has 5 nitrogen and oxygen atoms in total. The molecule has 0 aliphatic carbocycles. The monoisotopic (exact) mass is 225 g/mol. The molecule has 2 aromatic heterocycles. The minimum absolute atomic E-state index is 0.332. The van der Waals surface area contributed by atoms with E-state index in [0.717, 1.165) is 7.11 Å². The van der Waals surface area contributed by atoms with Gasteiger partial charge in [-0.25, -0.2) is 4.79 Å². The zero-order valence-corrected chi connectivity index (χ0v) is 8.55. The Hall–Kier alpha value is -1.82. The van der Waals surface area contributed by atoms with Crippen molar-refractivity contribution in [3.05, 3.63) is 27.4 Å². The highest BCUT2D eigenvalue weighted by Gasteiger charge is 2.19. The molecule has 0 spiro atoms. The number of nitrogens with one attached hydrogen (secondary N) is 1. The Labute approximate surface area is 87.9 Å². The minimum atomic E-state index is -0.846. The first kappa shape index (κ1) is 9.72. The zero-order valence-electron chi connectivity index (χ0n) is 7.73. The molecule has 0 radical (unpaired) electrons. The second-order valence-electron chi connectivity index (χ2n) is 2.83. The fourth-order valence-electron chi connectivity index (χ4n) is 1.29. The summed E-state index contributed by atoms with van der Waals surface area (Å²) < 4.78 is 4.41. The number of fused-ring (bicyclic) bond motifs is 1. The van der Waals surface area contributed by atoms with Crippen molar-refractivity contribution in [2.45, 2.75) is 0 Å². The summed E-state index contributed by atoms with van der Waals surface area (Å²) in [5.74, 6) is -1.18. The molecule has 2 N–H and O–H groups in total. The number of hydrogen-bond acceptors (Lipinski definition) is 5. The van der Waals surface area contributed by atoms with E-state index in [1.54, 1.807) is 11.4 Å². The van der Waals surface area contributed by atoms with Crippen LogP contribution in [-0.2, 0) is 4.74 Å². The van der Waals surface area contributed by atoms with Gasteiger partial charge in [0, 0.05) is 0 Å². The molecule has 6 heteroatoms. The van der Waals surface area contributed by atoms with Crippen molar-refractivity contribution in [1.82, 2.24) is 4.98 Å². The van der Waals surface area contributed by atoms with Crippen molar-refractivity contribution in [1.29, 1.82) is 0 Å². The van der Waals surface area contributed by atoms with Crippen LogP contribution in [0.4, 0.5) is 0 Å². The number of aromatic nitrogens is 1. The van der Waals surface area contributed by atoms with E-state index in [9.17, 15) is 14.7 Å². The van der Waals surface area contributed by atoms with Gasteiger partial charge < -0.3 is 14.8 Å². The molecule has 78 valence electrons. The fraction of sp³-hybridized carbons (Fsp3) is 0.111. The molecule has 0 bridgehead atoms. The minimum Gasteiger partial charge on any atom is -0.506 e. The van der Waals surface area contributed by atoms with Gasteiger partial charge in [-0.1, -0.05) is 0 Å². The first-order valence-corrected chi connectivity index (χ1v) is 4.94. The van der Waals surface area contributed by atoms with Gasteiger partial charge in [-0.2, -0.15) is 0 Å². The van der Waals surface area contributed by atoms with E-state index in [1.807, 2.05) is 0 Å². The summed E-state index contributed by atoms with van der Waals surface area (Å²) in [6.07, 6.45) is 0. The highest BCUT2D eigenvalue weighted by Crippen LogP contribution is 2.28. The third-order valence-electron chi connectivity index (χ3n) is 2.00. The molecule has 0 saturated heterocycles. The molecule has 0 aromatic carbocycles. The number of aromatic amines is 1. The quantitative estimate of drug-likeness (QED) is 0.712. The van der Waals surface area contributed by atoms with Gasteiger partial charge in [0.25, 0.3) is 5.56 Å². The van der Waals surface area contributed by atoms with Gasteiger partial charge in [-0.05, 0) is 11.4 Å². The summed E-state index contributed by atoms with van der Waals surface area (Å²) >= 11 is 1.28. The van der Waals surface area contributed by atoms with E-state index < -0.39 is 11.5 Å². The Kier molecular flexibility index (Phi) is 2.20. The van der Waals surface area contributed by atoms with Gasteiger partial charge >= 0.3 is 5.97 Å². The van der Waals surface area contributed by atoms with Crippen molar-refractivity contribution >= 4 is 27.5 Å². The van der Waals surface area contributed by atoms with Gasteiger partial charge in [0.05, 0.1) is 12.5 Å². The highest BCUT2D eigenvalue weighted by atomic mass is 32.1. The molecule has 0 unspecified atom stereocenters. The third-order valence-corrected chi connectivity index (χ3v) is 2.83. The molecule has 0 atom stereocenters. The van der Waals surface area contributed by atoms with Crippen LogP contribution in [0.5, 0.6) is 5.75 Å². The van der Waals surface area contributed by atoms with Gasteiger partial charge in [0.1, 0.15) is 10.6 Å². The topological polar surface area (TPSA) is 79.4 Å². The molecular weight excluding hydrogens is 218 g/mol. The summed E-state index contributed by atoms with van der Waals surface area (Å²) in [5, 5.41) is 11.9. The number of thiophene rings is 1. The van der Waals surface area contributed by atoms with Crippen LogP contribution in [0.1, 0.15) is 10.4 Å². The van der Waals surface area contributed by atoms with Crippen LogP contribution in [0.15, 0.2) is 16.2 Å². The standard InChI is InChI=1S/C9H7NO4S/c1-14-9(13)5-6(11)4-2-3-15-8(4)10-7(5)12/h2-3H,1H3,(H2,10,11,12). The summed E-state index contributed by atoms with van der Waals surface area (Å²) in [7, 11) is 1.15. The predicted octanol–water partition coefficient (Wildman–Crippen LogP) is 1.08. The first-order chi connectivity index (χ1) is 7.15. The molecule has 0 fully saturated rings. The summed E-state index contributed by atoms with van der Waals surface area (Å²) in [6.45, 7) is 0. The number of carbonyl (C=O) groups excluding carboxylic acids is 1. The lowest BCUT2D eigenvalue weighted by atomic mass is 10.2. The Morgan fingerprint density at radius 3 is 3.00 bits per heavy atom. The van der Waals surface area contributed by atoms with Gasteiger partial charge in [0.2, 0.25) is 0 Å². The first-order valence-electron chi connectivity index (χ1n) is 4.06. The number of methoxy groups -OCH3 is 1. The second-order valence-corrected chi connectivity index (χ2v) is 3.75. The van der Waals surface area contributed by atoms with Crippen molar-refractivity contribution in [3.63, 3.8) is 0 Å². The number of H-pyrrole nitrogens is 1. The number of hydrogen-bond donors (Lipinski definition) is 2. The summed E-state index contributed by atoms with van der Waals surface area (Å²) in [4.78, 5) is 25.7. The van der Waals surface area contributed by atoms with E-state index in [-0.39, 0.29) is 11.3 Å². The lowest BCUT2D eigenvalue weighted by Gasteiger charge is -2.02. The lowest BCUT2D eigenvalue weighted by Crippen LogP contribution is -2.18. The van der Waals surface area contributed by atoms with Crippen molar-refractivity contribution in [3.8, 4) is 5.75 Å². The normalized spacial score (nSPS) is 10.5. The summed E-state index contributed by atoms with van der Waals surface area (Å²) in [6, 6.07) is 1.62. The number of aromatic hydroxyl groups is 1. The largest absolute Gasteiger partial charge is 0.506 e. The molecule has 0 amide bonds. The van der Waals surface area contributed by atoms with Crippen LogP contribution in [0, 0.1) is 0 Å². The van der Waals surface area contributed by atoms with Crippen LogP contribution < -0.4 is 5.56 Å². The molecule has 0 aliphatic heterocycles. The number of ether oxygens (including phenoxy) is 1. The van der Waals surface area contributed by atoms with Crippen LogP contribution in [0.2, 0.25) is 0 Å². The second kappa shape index (κ2) is 3.39. The molecular formula is C9H7NO4S. The number of rotatable bonds is 1. The van der Waals surface area contributed by atoms with Crippen molar-refractivity contribution in [2.24, 2.45) is 0 Å². The van der Waals surface area contributed by atoms with E-state index in [1.165, 1.54) is 11.3 Å². The van der Waals surface area contributed by atoms with Crippen molar-refractivity contribution in [2.75, 3.05) is 7.11 Å². The Bertz CT molecular complexity index is 583. The molecule has 2 aromatic rings. The zero-order chi connectivity index (χ0) is 11.0. The maximum absolute atomic E-state index is 11.4. The molecule has 2 heterocycles. The SMILES string of the molecule is COC(=O)c1c(O)c2ccsc2[nH]c1=O. The van der Waals surface area contributed by atoms with E-state index >= 15 is 0 Å². The fourth-order valence-corrected chi connectivity index (χ4v) is 2.08. The average Bonchev–Trinajstić information content (AvgIpc) is 2.65. The number of pyridine rings is 1. The maximum Gasteiger partial charge on any atom is 0.347 e. The Morgan fingerprint density at radius 1 is 1.60 bits per heavy atom. The third kappa shape index (κ3) is 1.39. The van der Waals surface area contributed by atoms with Gasteiger partial charge in [0.15, 0.2) is 5.56 Å². The predicted molar refractivity (Wildman–Crippen MR) is 55.5 cm³/mol. The average molecular weight is 225 g/mol. The van der Waals surface area contributed by atoms with Gasteiger partial charge in [-0.3, -0.25) is 4.79 Å². The van der Waals surface area contributed by atoms with Crippen molar-refractivity contribution < 1.29 is 14.6 Å². The van der Waals surface area contributed by atoms with Crippen LogP contribution in [-0.4, -0.2) is 23.2 Å². The Morgan fingerprint density at radius 2 is 2.33 bits per heavy atom. The van der Waals surface area contributed by atoms with Crippen LogP contribution in [0.3, 0.4) is 0 Å². The van der Waals surface area contributed by atoms with Crippen LogP contribution >= 0.6 is 11.3 Å². The number of carbonyl (C=O) groups is 1.